The van der Waals surface area contributed by atoms with Gasteiger partial charge < -0.3 is 4.74 Å². The van der Waals surface area contributed by atoms with E-state index in [2.05, 4.69) is 42.0 Å². The largest absolute Gasteiger partial charge is 0.486 e. The number of nitrogens with zero attached hydrogens (tertiary/aromatic N) is 5. The number of aryl methyl sites for hydroxylation is 1. The first-order valence-corrected chi connectivity index (χ1v) is 14.2. The van der Waals surface area contributed by atoms with Crippen LogP contribution in [0.15, 0.2) is 24.4 Å². The number of halogens is 1. The van der Waals surface area contributed by atoms with Gasteiger partial charge in [0.25, 0.3) is 0 Å². The van der Waals surface area contributed by atoms with Crippen LogP contribution in [0.5, 0.6) is 5.75 Å². The number of fused-ring (bicyclic) bond motifs is 2. The van der Waals surface area contributed by atoms with Crippen LogP contribution in [0.3, 0.4) is 0 Å². The molecule has 1 saturated carbocycles. The van der Waals surface area contributed by atoms with Gasteiger partial charge >= 0.3 is 0 Å². The van der Waals surface area contributed by atoms with Crippen molar-refractivity contribution in [2.75, 3.05) is 13.1 Å². The third kappa shape index (κ3) is 4.11. The Morgan fingerprint density at radius 3 is 2.73 bits per heavy atom. The van der Waals surface area contributed by atoms with Crippen molar-refractivity contribution in [2.24, 2.45) is 17.3 Å². The van der Waals surface area contributed by atoms with E-state index in [1.165, 1.54) is 16.2 Å². The van der Waals surface area contributed by atoms with Gasteiger partial charge in [-0.25, -0.2) is 8.10 Å². The molecule has 2 aliphatic heterocycles. The Hall–Kier alpha value is -2.62. The van der Waals surface area contributed by atoms with E-state index in [-0.39, 0.29) is 41.7 Å². The standard InChI is InChI=1S/C27H26IN5O3S/c1-14-9-15(11-29)31-22(23(14)36-16-5-4-8-32(28)12-16)18-6-7-30-19-10-17(37-24(18)19)13-33-25(34)20-21(26(33)35)27(20,2)3/h6-7,9-10,16,20-21H,4-5,8,12-13H2,1-3H3. The number of ether oxygens (including phenoxy) is 1. The summed E-state index contributed by atoms with van der Waals surface area (Å²) in [6, 6.07) is 7.77. The van der Waals surface area contributed by atoms with E-state index in [4.69, 9.17) is 4.74 Å². The zero-order valence-corrected chi connectivity index (χ0v) is 23.8. The Bertz CT molecular complexity index is 1470. The second-order valence-corrected chi connectivity index (χ2v) is 13.2. The predicted molar refractivity (Wildman–Crippen MR) is 148 cm³/mol. The lowest BCUT2D eigenvalue weighted by Crippen LogP contribution is -2.35. The van der Waals surface area contributed by atoms with Crippen LogP contribution in [0.25, 0.3) is 21.5 Å². The molecule has 3 aliphatic rings. The summed E-state index contributed by atoms with van der Waals surface area (Å²) in [7, 11) is 0. The lowest BCUT2D eigenvalue weighted by molar-refractivity contribution is -0.143. The molecule has 0 spiro atoms. The molecule has 8 nitrogen and oxygen atoms in total. The molecular weight excluding hydrogens is 601 g/mol. The van der Waals surface area contributed by atoms with Crippen LogP contribution in [-0.2, 0) is 16.1 Å². The molecule has 3 unspecified atom stereocenters. The molecule has 2 amide bonds. The van der Waals surface area contributed by atoms with Crippen LogP contribution in [0.2, 0.25) is 0 Å². The highest BCUT2D eigenvalue weighted by Gasteiger charge is 2.72. The number of hydrogen-bond acceptors (Lipinski definition) is 8. The Kier molecular flexibility index (Phi) is 6.00. The first-order chi connectivity index (χ1) is 17.7. The highest BCUT2D eigenvalue weighted by molar-refractivity contribution is 14.1. The van der Waals surface area contributed by atoms with E-state index in [1.807, 2.05) is 32.9 Å². The highest BCUT2D eigenvalue weighted by Crippen LogP contribution is 2.63. The SMILES string of the molecule is Cc1cc(C#N)nc(-c2ccnc3cc(CN4C(=O)C5C(C4=O)C5(C)C)sc23)c1OC1CCCN(I)C1. The quantitative estimate of drug-likeness (QED) is 0.226. The molecule has 10 heteroatoms. The molecule has 0 bridgehead atoms. The first kappa shape index (κ1) is 24.7. The van der Waals surface area contributed by atoms with Crippen molar-refractivity contribution in [3.8, 4) is 23.1 Å². The third-order valence-corrected chi connectivity index (χ3v) is 9.83. The zero-order valence-electron chi connectivity index (χ0n) is 20.8. The number of nitriles is 1. The molecule has 190 valence electrons. The number of aromatic nitrogens is 2. The summed E-state index contributed by atoms with van der Waals surface area (Å²) in [4.78, 5) is 37.3. The molecule has 0 radical (unpaired) electrons. The number of piperidine rings is 2. The lowest BCUT2D eigenvalue weighted by Gasteiger charge is -2.29. The van der Waals surface area contributed by atoms with Crippen molar-refractivity contribution in [3.63, 3.8) is 0 Å². The highest BCUT2D eigenvalue weighted by atomic mass is 127. The Labute approximate surface area is 233 Å². The first-order valence-electron chi connectivity index (χ1n) is 12.4. The fraction of sp³-hybridized carbons (Fsp3) is 0.444. The molecular formula is C27H26IN5O3S. The minimum absolute atomic E-state index is 0.0388. The summed E-state index contributed by atoms with van der Waals surface area (Å²) in [6.07, 6.45) is 3.79. The van der Waals surface area contributed by atoms with Gasteiger partial charge in [0.05, 0.1) is 28.6 Å². The molecule has 0 aromatic carbocycles. The second-order valence-electron chi connectivity index (χ2n) is 10.7. The van der Waals surface area contributed by atoms with Crippen molar-refractivity contribution >= 4 is 56.2 Å². The van der Waals surface area contributed by atoms with Gasteiger partial charge in [-0.05, 0) is 48.9 Å². The van der Waals surface area contributed by atoms with Gasteiger partial charge in [0.15, 0.2) is 0 Å². The summed E-state index contributed by atoms with van der Waals surface area (Å²) in [6.45, 7) is 8.04. The maximum Gasteiger partial charge on any atom is 0.234 e. The Morgan fingerprint density at radius 1 is 1.27 bits per heavy atom. The van der Waals surface area contributed by atoms with Gasteiger partial charge in [0, 0.05) is 52.6 Å². The third-order valence-electron chi connectivity index (χ3n) is 7.81. The summed E-state index contributed by atoms with van der Waals surface area (Å²) < 4.78 is 9.67. The number of carbonyl (C=O) groups excluding carboxylic acids is 2. The molecule has 3 aromatic heterocycles. The van der Waals surface area contributed by atoms with E-state index in [0.717, 1.165) is 52.2 Å². The minimum Gasteiger partial charge on any atom is -0.486 e. The number of pyridine rings is 2. The normalized spacial score (nSPS) is 24.8. The van der Waals surface area contributed by atoms with Gasteiger partial charge in [-0.15, -0.1) is 11.3 Å². The number of rotatable bonds is 5. The maximum atomic E-state index is 12.9. The van der Waals surface area contributed by atoms with Crippen molar-refractivity contribution in [1.82, 2.24) is 18.0 Å². The van der Waals surface area contributed by atoms with Crippen LogP contribution >= 0.6 is 34.2 Å². The predicted octanol–water partition coefficient (Wildman–Crippen LogP) is 4.87. The number of hydrogen-bond donors (Lipinski definition) is 0. The van der Waals surface area contributed by atoms with Crippen LogP contribution in [0, 0.1) is 35.5 Å². The number of imide groups is 1. The zero-order chi connectivity index (χ0) is 26.1. The molecule has 5 heterocycles. The fourth-order valence-corrected chi connectivity index (χ4v) is 7.67. The summed E-state index contributed by atoms with van der Waals surface area (Å²) in [5.41, 5.74) is 3.20. The van der Waals surface area contributed by atoms with Crippen molar-refractivity contribution in [3.05, 3.63) is 40.5 Å². The Balaban J connectivity index is 1.37. The van der Waals surface area contributed by atoms with Crippen LogP contribution in [0.1, 0.15) is 42.8 Å². The molecule has 2 saturated heterocycles. The average Bonchev–Trinajstić information content (AvgIpc) is 3.11. The number of likely N-dealkylation sites (tertiary alicyclic amines) is 1. The van der Waals surface area contributed by atoms with E-state index < -0.39 is 0 Å². The summed E-state index contributed by atoms with van der Waals surface area (Å²) in [5, 5.41) is 9.63. The smallest absolute Gasteiger partial charge is 0.234 e. The number of thiophene rings is 1. The maximum absolute atomic E-state index is 12.9. The molecule has 6 rings (SSSR count). The van der Waals surface area contributed by atoms with Crippen molar-refractivity contribution in [1.29, 1.82) is 5.26 Å². The van der Waals surface area contributed by atoms with Gasteiger partial charge in [-0.2, -0.15) is 5.26 Å². The van der Waals surface area contributed by atoms with Crippen LogP contribution in [-0.4, -0.2) is 49.0 Å². The van der Waals surface area contributed by atoms with E-state index >= 15 is 0 Å². The molecule has 3 atom stereocenters. The van der Waals surface area contributed by atoms with Crippen LogP contribution in [0.4, 0.5) is 0 Å². The number of carbonyl (C=O) groups is 2. The summed E-state index contributed by atoms with van der Waals surface area (Å²) >= 11 is 3.84. The van der Waals surface area contributed by atoms with Crippen molar-refractivity contribution < 1.29 is 14.3 Å². The molecule has 3 aromatic rings. The minimum atomic E-state index is -0.224. The average molecular weight is 628 g/mol. The molecule has 37 heavy (non-hydrogen) atoms. The topological polar surface area (TPSA) is 99.4 Å². The van der Waals surface area contributed by atoms with E-state index in [9.17, 15) is 14.9 Å². The van der Waals surface area contributed by atoms with E-state index in [0.29, 0.717) is 17.1 Å². The number of amides is 2. The van der Waals surface area contributed by atoms with Gasteiger partial charge in [-0.1, -0.05) is 13.8 Å². The monoisotopic (exact) mass is 627 g/mol. The second kappa shape index (κ2) is 8.99. The van der Waals surface area contributed by atoms with Gasteiger partial charge in [0.2, 0.25) is 11.8 Å². The van der Waals surface area contributed by atoms with Gasteiger partial charge in [-0.3, -0.25) is 19.5 Å². The van der Waals surface area contributed by atoms with Gasteiger partial charge in [0.1, 0.15) is 29.3 Å². The lowest BCUT2D eigenvalue weighted by atomic mass is 10.1. The molecule has 3 fully saturated rings. The Morgan fingerprint density at radius 2 is 2.03 bits per heavy atom. The molecule has 0 N–H and O–H groups in total. The van der Waals surface area contributed by atoms with E-state index in [1.54, 1.807) is 12.3 Å². The molecule has 1 aliphatic carbocycles. The summed E-state index contributed by atoms with van der Waals surface area (Å²) in [5.74, 6) is 0.156. The fourth-order valence-electron chi connectivity index (χ4n) is 5.77. The van der Waals surface area contributed by atoms with Crippen molar-refractivity contribution in [2.45, 2.75) is 46.3 Å². The van der Waals surface area contributed by atoms with Crippen LogP contribution < -0.4 is 4.74 Å².